The van der Waals surface area contributed by atoms with Crippen molar-refractivity contribution in [1.29, 1.82) is 0 Å². The van der Waals surface area contributed by atoms with Gasteiger partial charge < -0.3 is 15.0 Å². The highest BCUT2D eigenvalue weighted by atomic mass is 16.5. The third-order valence-electron chi connectivity index (χ3n) is 5.89. The van der Waals surface area contributed by atoms with E-state index >= 15 is 0 Å². The highest BCUT2D eigenvalue weighted by molar-refractivity contribution is 6.11. The molecular weight excluding hydrogens is 394 g/mol. The Morgan fingerprint density at radius 2 is 1.94 bits per heavy atom. The number of fused-ring (bicyclic) bond motifs is 3. The van der Waals surface area contributed by atoms with Crippen molar-refractivity contribution in [1.82, 2.24) is 4.90 Å². The van der Waals surface area contributed by atoms with Crippen molar-refractivity contribution in [3.63, 3.8) is 0 Å². The molecule has 0 saturated carbocycles. The van der Waals surface area contributed by atoms with E-state index in [0.717, 1.165) is 11.3 Å². The summed E-state index contributed by atoms with van der Waals surface area (Å²) in [5.41, 5.74) is 1.73. The number of nitrogens with zero attached hydrogens (tertiary/aromatic N) is 2. The average Bonchev–Trinajstić information content (AvgIpc) is 3.02. The molecule has 0 bridgehead atoms. The molecule has 2 heterocycles. The SMILES string of the molecule is Cc1cc(OC(C)C)ccc1NC(=O)CN1C(=O)c2ccccc2N2C(=O)CCC12C. The average molecular weight is 421 g/mol. The summed E-state index contributed by atoms with van der Waals surface area (Å²) >= 11 is 0. The van der Waals surface area contributed by atoms with Gasteiger partial charge in [0.25, 0.3) is 5.91 Å². The van der Waals surface area contributed by atoms with Gasteiger partial charge in [0.15, 0.2) is 0 Å². The molecule has 1 saturated heterocycles. The Kier molecular flexibility index (Phi) is 5.21. The van der Waals surface area contributed by atoms with Crippen LogP contribution in [0, 0.1) is 6.92 Å². The van der Waals surface area contributed by atoms with E-state index in [4.69, 9.17) is 4.74 Å². The first-order valence-corrected chi connectivity index (χ1v) is 10.5. The predicted molar refractivity (Wildman–Crippen MR) is 118 cm³/mol. The summed E-state index contributed by atoms with van der Waals surface area (Å²) < 4.78 is 5.69. The fourth-order valence-electron chi connectivity index (χ4n) is 4.40. The Balaban J connectivity index is 1.57. The summed E-state index contributed by atoms with van der Waals surface area (Å²) in [5, 5.41) is 2.90. The van der Waals surface area contributed by atoms with Crippen LogP contribution in [-0.2, 0) is 9.59 Å². The van der Waals surface area contributed by atoms with Gasteiger partial charge in [0, 0.05) is 12.1 Å². The first-order valence-electron chi connectivity index (χ1n) is 10.5. The molecule has 2 aromatic carbocycles. The number of rotatable bonds is 5. The fraction of sp³-hybridized carbons (Fsp3) is 0.375. The van der Waals surface area contributed by atoms with Crippen molar-refractivity contribution in [2.24, 2.45) is 0 Å². The highest BCUT2D eigenvalue weighted by Gasteiger charge is 2.53. The van der Waals surface area contributed by atoms with E-state index in [1.165, 1.54) is 4.90 Å². The maximum Gasteiger partial charge on any atom is 0.258 e. The lowest BCUT2D eigenvalue weighted by atomic mass is 9.98. The van der Waals surface area contributed by atoms with E-state index in [-0.39, 0.29) is 30.4 Å². The van der Waals surface area contributed by atoms with Gasteiger partial charge in [-0.05, 0) is 70.0 Å². The lowest BCUT2D eigenvalue weighted by molar-refractivity contribution is -0.120. The Bertz CT molecular complexity index is 1060. The third-order valence-corrected chi connectivity index (χ3v) is 5.89. The molecule has 0 spiro atoms. The largest absolute Gasteiger partial charge is 0.491 e. The van der Waals surface area contributed by atoms with Crippen LogP contribution in [0.15, 0.2) is 42.5 Å². The van der Waals surface area contributed by atoms with Crippen LogP contribution in [0.2, 0.25) is 0 Å². The maximum atomic E-state index is 13.3. The minimum Gasteiger partial charge on any atom is -0.491 e. The second-order valence-electron chi connectivity index (χ2n) is 8.55. The summed E-state index contributed by atoms with van der Waals surface area (Å²) in [7, 11) is 0. The first-order chi connectivity index (χ1) is 14.7. The van der Waals surface area contributed by atoms with E-state index in [2.05, 4.69) is 5.32 Å². The van der Waals surface area contributed by atoms with E-state index in [1.807, 2.05) is 45.9 Å². The molecule has 1 unspecified atom stereocenters. The van der Waals surface area contributed by atoms with Crippen molar-refractivity contribution >= 4 is 29.1 Å². The van der Waals surface area contributed by atoms with Crippen molar-refractivity contribution in [3.8, 4) is 5.75 Å². The zero-order chi connectivity index (χ0) is 22.3. The molecule has 2 aromatic rings. The summed E-state index contributed by atoms with van der Waals surface area (Å²) in [6.45, 7) is 7.51. The summed E-state index contributed by atoms with van der Waals surface area (Å²) in [5.74, 6) is 0.149. The molecular formula is C24H27N3O4. The highest BCUT2D eigenvalue weighted by Crippen LogP contribution is 2.43. The van der Waals surface area contributed by atoms with Crippen LogP contribution >= 0.6 is 0 Å². The van der Waals surface area contributed by atoms with Crippen molar-refractivity contribution in [2.75, 3.05) is 16.8 Å². The number of anilines is 2. The topological polar surface area (TPSA) is 79.0 Å². The number of amides is 3. The van der Waals surface area contributed by atoms with Crippen LogP contribution in [0.25, 0.3) is 0 Å². The summed E-state index contributed by atoms with van der Waals surface area (Å²) in [6.07, 6.45) is 0.886. The molecule has 1 fully saturated rings. The minimum absolute atomic E-state index is 0.0376. The lowest BCUT2D eigenvalue weighted by Crippen LogP contribution is -2.63. The van der Waals surface area contributed by atoms with Crippen LogP contribution in [0.4, 0.5) is 11.4 Å². The molecule has 7 heteroatoms. The molecule has 0 radical (unpaired) electrons. The van der Waals surface area contributed by atoms with Crippen LogP contribution in [0.5, 0.6) is 5.75 Å². The molecule has 2 aliphatic heterocycles. The van der Waals surface area contributed by atoms with E-state index in [1.54, 1.807) is 29.2 Å². The van der Waals surface area contributed by atoms with Gasteiger partial charge in [-0.15, -0.1) is 0 Å². The normalized spacial score (nSPS) is 20.0. The van der Waals surface area contributed by atoms with Gasteiger partial charge >= 0.3 is 0 Å². The Morgan fingerprint density at radius 3 is 2.65 bits per heavy atom. The Labute approximate surface area is 182 Å². The second kappa shape index (κ2) is 7.72. The van der Waals surface area contributed by atoms with E-state index in [0.29, 0.717) is 29.8 Å². The smallest absolute Gasteiger partial charge is 0.258 e. The number of carbonyl (C=O) groups is 3. The van der Waals surface area contributed by atoms with Gasteiger partial charge in [-0.3, -0.25) is 19.3 Å². The molecule has 0 aliphatic carbocycles. The van der Waals surface area contributed by atoms with Crippen LogP contribution in [-0.4, -0.2) is 40.9 Å². The fourth-order valence-corrected chi connectivity index (χ4v) is 4.40. The number of hydrogen-bond donors (Lipinski definition) is 1. The molecule has 3 amide bonds. The zero-order valence-corrected chi connectivity index (χ0v) is 18.3. The number of ether oxygens (including phenoxy) is 1. The van der Waals surface area contributed by atoms with Gasteiger partial charge in [0.05, 0.1) is 17.4 Å². The quantitative estimate of drug-likeness (QED) is 0.798. The Hall–Kier alpha value is -3.35. The maximum absolute atomic E-state index is 13.3. The minimum atomic E-state index is -0.857. The van der Waals surface area contributed by atoms with Gasteiger partial charge in [0.1, 0.15) is 18.0 Å². The van der Waals surface area contributed by atoms with Gasteiger partial charge in [-0.2, -0.15) is 0 Å². The number of para-hydroxylation sites is 1. The van der Waals surface area contributed by atoms with E-state index < -0.39 is 5.66 Å². The third kappa shape index (κ3) is 3.65. The number of aryl methyl sites for hydroxylation is 1. The van der Waals surface area contributed by atoms with Crippen LogP contribution in [0.1, 0.15) is 49.5 Å². The van der Waals surface area contributed by atoms with Crippen LogP contribution < -0.4 is 15.0 Å². The molecule has 7 nitrogen and oxygen atoms in total. The molecule has 2 aliphatic rings. The number of hydrogen-bond acceptors (Lipinski definition) is 4. The molecule has 1 N–H and O–H groups in total. The lowest BCUT2D eigenvalue weighted by Gasteiger charge is -2.48. The van der Waals surface area contributed by atoms with Crippen molar-refractivity contribution < 1.29 is 19.1 Å². The number of benzene rings is 2. The zero-order valence-electron chi connectivity index (χ0n) is 18.3. The molecule has 1 atom stereocenters. The van der Waals surface area contributed by atoms with Gasteiger partial charge in [0.2, 0.25) is 11.8 Å². The monoisotopic (exact) mass is 421 g/mol. The Morgan fingerprint density at radius 1 is 1.19 bits per heavy atom. The molecule has 162 valence electrons. The van der Waals surface area contributed by atoms with Crippen molar-refractivity contribution in [2.45, 2.75) is 52.3 Å². The van der Waals surface area contributed by atoms with Gasteiger partial charge in [-0.25, -0.2) is 0 Å². The van der Waals surface area contributed by atoms with Crippen LogP contribution in [0.3, 0.4) is 0 Å². The molecule has 0 aromatic heterocycles. The molecule has 31 heavy (non-hydrogen) atoms. The van der Waals surface area contributed by atoms with Gasteiger partial charge in [-0.1, -0.05) is 12.1 Å². The second-order valence-corrected chi connectivity index (χ2v) is 8.55. The summed E-state index contributed by atoms with van der Waals surface area (Å²) in [6, 6.07) is 12.5. The van der Waals surface area contributed by atoms with Crippen molar-refractivity contribution in [3.05, 3.63) is 53.6 Å². The summed E-state index contributed by atoms with van der Waals surface area (Å²) in [4.78, 5) is 42.0. The number of nitrogens with one attached hydrogen (secondary N) is 1. The molecule has 4 rings (SSSR count). The number of carbonyl (C=O) groups excluding carboxylic acids is 3. The van der Waals surface area contributed by atoms with E-state index in [9.17, 15) is 14.4 Å². The predicted octanol–water partition coefficient (Wildman–Crippen LogP) is 3.72. The first kappa shape index (κ1) is 20.9. The standard InChI is InChI=1S/C24H27N3O4/c1-15(2)31-17-9-10-19(16(3)13-17)25-21(28)14-26-23(30)18-7-5-6-8-20(18)27-22(29)11-12-24(26,27)4/h5-10,13,15H,11-12,14H2,1-4H3,(H,25,28).